The molecule has 2 atom stereocenters. The number of carbonyl (C=O) groups excluding carboxylic acids is 2. The first-order valence-corrected chi connectivity index (χ1v) is 13.3. The zero-order valence-electron chi connectivity index (χ0n) is 21.5. The van der Waals surface area contributed by atoms with E-state index < -0.39 is 17.2 Å². The van der Waals surface area contributed by atoms with Crippen LogP contribution >= 0.6 is 0 Å². The van der Waals surface area contributed by atoms with Crippen molar-refractivity contribution in [1.82, 2.24) is 15.2 Å². The third-order valence-electron chi connectivity index (χ3n) is 8.55. The number of hydrogen-bond acceptors (Lipinski definition) is 5. The largest absolute Gasteiger partial charge is 0.466 e. The average Bonchev–Trinajstić information content (AvgIpc) is 3.28. The van der Waals surface area contributed by atoms with Crippen molar-refractivity contribution in [2.45, 2.75) is 96.9 Å². The molecule has 0 spiro atoms. The second-order valence-corrected chi connectivity index (χ2v) is 11.0. The molecule has 1 aromatic heterocycles. The fourth-order valence-electron chi connectivity index (χ4n) is 6.34. The van der Waals surface area contributed by atoms with Gasteiger partial charge in [0.15, 0.2) is 0 Å². The Balaban J connectivity index is 1.39. The highest BCUT2D eigenvalue weighted by atomic mass is 19.4. The Morgan fingerprint density at radius 1 is 1.19 bits per heavy atom. The number of nitrogens with zero attached hydrogens (tertiary/aromatic N) is 2. The van der Waals surface area contributed by atoms with Crippen LogP contribution in [0.15, 0.2) is 12.3 Å². The van der Waals surface area contributed by atoms with E-state index in [0.717, 1.165) is 57.2 Å². The van der Waals surface area contributed by atoms with E-state index in [0.29, 0.717) is 36.9 Å². The Bertz CT molecular complexity index is 959. The predicted molar refractivity (Wildman–Crippen MR) is 129 cm³/mol. The Hall–Kier alpha value is -2.16. The molecule has 2 aliphatic carbocycles. The van der Waals surface area contributed by atoms with Crippen LogP contribution in [0.5, 0.6) is 0 Å². The summed E-state index contributed by atoms with van der Waals surface area (Å²) in [6.07, 6.45) is 2.77. The van der Waals surface area contributed by atoms with Crippen LogP contribution < -0.4 is 5.32 Å². The number of carbonyl (C=O) groups is 2. The molecular weight excluding hydrogens is 471 g/mol. The van der Waals surface area contributed by atoms with E-state index in [9.17, 15) is 22.8 Å². The number of aromatic nitrogens is 1. The maximum Gasteiger partial charge on any atom is 0.417 e. The molecule has 0 saturated heterocycles. The standard InChI is InChI=1S/C27H38F3N3O3/c1-4-36-24(34)18-5-7-21(8-6-18)32-22-9-11-26(14-22,17(2)3)25(35)33-12-10-23-19(16-33)13-20(15-31-23)27(28,29)30/h13,15,17-18,21-22,32H,4-12,14,16H2,1-3H3/t18?,21?,22-,26+/m1/s1. The maximum atomic E-state index is 13.9. The van der Waals surface area contributed by atoms with Gasteiger partial charge in [-0.3, -0.25) is 14.6 Å². The molecule has 36 heavy (non-hydrogen) atoms. The average molecular weight is 510 g/mol. The third-order valence-corrected chi connectivity index (χ3v) is 8.55. The fraction of sp³-hybridized carbons (Fsp3) is 0.741. The van der Waals surface area contributed by atoms with Crippen LogP contribution in [0.3, 0.4) is 0 Å². The number of esters is 1. The minimum Gasteiger partial charge on any atom is -0.466 e. The van der Waals surface area contributed by atoms with E-state index in [1.807, 2.05) is 6.92 Å². The van der Waals surface area contributed by atoms with Crippen molar-refractivity contribution in [3.05, 3.63) is 29.1 Å². The van der Waals surface area contributed by atoms with Crippen molar-refractivity contribution in [2.75, 3.05) is 13.2 Å². The van der Waals surface area contributed by atoms with Crippen LogP contribution in [-0.2, 0) is 33.5 Å². The van der Waals surface area contributed by atoms with E-state index in [2.05, 4.69) is 24.1 Å². The first kappa shape index (κ1) is 26.9. The van der Waals surface area contributed by atoms with Gasteiger partial charge in [0.1, 0.15) is 0 Å². The molecule has 1 amide bonds. The number of pyridine rings is 1. The zero-order valence-corrected chi connectivity index (χ0v) is 21.5. The van der Waals surface area contributed by atoms with Gasteiger partial charge in [-0.25, -0.2) is 0 Å². The van der Waals surface area contributed by atoms with E-state index in [1.165, 1.54) is 0 Å². The second kappa shape index (κ2) is 10.7. The highest BCUT2D eigenvalue weighted by Crippen LogP contribution is 2.47. The van der Waals surface area contributed by atoms with Crippen LogP contribution in [-0.4, -0.2) is 47.0 Å². The minimum absolute atomic E-state index is 0.0164. The van der Waals surface area contributed by atoms with Gasteiger partial charge in [-0.05, 0) is 69.4 Å². The molecule has 200 valence electrons. The Kier molecular flexibility index (Phi) is 7.98. The van der Waals surface area contributed by atoms with Crippen molar-refractivity contribution >= 4 is 11.9 Å². The summed E-state index contributed by atoms with van der Waals surface area (Å²) in [6, 6.07) is 1.69. The van der Waals surface area contributed by atoms with Crippen molar-refractivity contribution < 1.29 is 27.5 Å². The molecule has 3 aliphatic rings. The number of alkyl halides is 3. The van der Waals surface area contributed by atoms with E-state index >= 15 is 0 Å². The van der Waals surface area contributed by atoms with Crippen molar-refractivity contribution in [3.63, 3.8) is 0 Å². The first-order chi connectivity index (χ1) is 17.0. The highest BCUT2D eigenvalue weighted by molar-refractivity contribution is 5.83. The summed E-state index contributed by atoms with van der Waals surface area (Å²) in [7, 11) is 0. The van der Waals surface area contributed by atoms with Gasteiger partial charge in [0.2, 0.25) is 5.91 Å². The molecule has 6 nitrogen and oxygen atoms in total. The normalized spacial score (nSPS) is 28.8. The van der Waals surface area contributed by atoms with Gasteiger partial charge in [-0.2, -0.15) is 13.2 Å². The summed E-state index contributed by atoms with van der Waals surface area (Å²) in [5.41, 5.74) is -0.145. The van der Waals surface area contributed by atoms with E-state index in [-0.39, 0.29) is 36.3 Å². The summed E-state index contributed by atoms with van der Waals surface area (Å²) < 4.78 is 44.8. The van der Waals surface area contributed by atoms with Crippen LogP contribution in [0.1, 0.15) is 82.5 Å². The molecular formula is C27H38F3N3O3. The smallest absolute Gasteiger partial charge is 0.417 e. The monoisotopic (exact) mass is 509 g/mol. The topological polar surface area (TPSA) is 71.5 Å². The molecule has 0 unspecified atom stereocenters. The first-order valence-electron chi connectivity index (χ1n) is 13.3. The summed E-state index contributed by atoms with van der Waals surface area (Å²) in [5.74, 6) is 0.0624. The lowest BCUT2D eigenvalue weighted by molar-refractivity contribution is -0.149. The van der Waals surface area contributed by atoms with Gasteiger partial charge >= 0.3 is 12.1 Å². The quantitative estimate of drug-likeness (QED) is 0.553. The van der Waals surface area contributed by atoms with Crippen molar-refractivity contribution in [1.29, 1.82) is 0 Å². The summed E-state index contributed by atoms with van der Waals surface area (Å²) in [4.78, 5) is 31.7. The van der Waals surface area contributed by atoms with Gasteiger partial charge in [0, 0.05) is 43.5 Å². The minimum atomic E-state index is -4.45. The molecule has 0 aromatic carbocycles. The maximum absolute atomic E-state index is 13.9. The SMILES string of the molecule is CCOC(=O)C1CCC(N[C@@H]2CC[C@@](C(=O)N3CCc4ncc(C(F)(F)F)cc4C3)(C(C)C)C2)CC1. The number of halogens is 3. The number of nitrogens with one attached hydrogen (secondary N) is 1. The Morgan fingerprint density at radius 3 is 2.56 bits per heavy atom. The predicted octanol–water partition coefficient (Wildman–Crippen LogP) is 4.89. The number of fused-ring (bicyclic) bond motifs is 1. The van der Waals surface area contributed by atoms with Gasteiger partial charge in [0.05, 0.1) is 23.5 Å². The van der Waals surface area contributed by atoms with Gasteiger partial charge in [-0.15, -0.1) is 0 Å². The molecule has 0 radical (unpaired) electrons. The van der Waals surface area contributed by atoms with Gasteiger partial charge in [-0.1, -0.05) is 13.8 Å². The summed E-state index contributed by atoms with van der Waals surface area (Å²) in [5, 5.41) is 3.76. The third kappa shape index (κ3) is 5.55. The zero-order chi connectivity index (χ0) is 26.1. The lowest BCUT2D eigenvalue weighted by Crippen LogP contribution is -2.49. The molecule has 1 aromatic rings. The number of amides is 1. The van der Waals surface area contributed by atoms with Gasteiger partial charge in [0.25, 0.3) is 0 Å². The van der Waals surface area contributed by atoms with Crippen LogP contribution in [0.2, 0.25) is 0 Å². The highest BCUT2D eigenvalue weighted by Gasteiger charge is 2.50. The van der Waals surface area contributed by atoms with Crippen LogP contribution in [0.4, 0.5) is 13.2 Å². The summed E-state index contributed by atoms with van der Waals surface area (Å²) in [6.45, 7) is 7.04. The molecule has 2 heterocycles. The Labute approximate surface area is 211 Å². The van der Waals surface area contributed by atoms with E-state index in [4.69, 9.17) is 4.74 Å². The number of rotatable bonds is 6. The molecule has 9 heteroatoms. The lowest BCUT2D eigenvalue weighted by Gasteiger charge is -2.40. The van der Waals surface area contributed by atoms with E-state index in [1.54, 1.807) is 4.90 Å². The molecule has 0 bridgehead atoms. The second-order valence-electron chi connectivity index (χ2n) is 11.0. The van der Waals surface area contributed by atoms with Crippen molar-refractivity contribution in [3.8, 4) is 0 Å². The molecule has 1 N–H and O–H groups in total. The fourth-order valence-corrected chi connectivity index (χ4v) is 6.34. The van der Waals surface area contributed by atoms with Crippen LogP contribution in [0, 0.1) is 17.3 Å². The Morgan fingerprint density at radius 2 is 1.92 bits per heavy atom. The molecule has 2 fully saturated rings. The van der Waals surface area contributed by atoms with Crippen molar-refractivity contribution in [2.24, 2.45) is 17.3 Å². The lowest BCUT2D eigenvalue weighted by atomic mass is 9.73. The van der Waals surface area contributed by atoms with Gasteiger partial charge < -0.3 is 15.0 Å². The molecule has 4 rings (SSSR count). The molecule has 2 saturated carbocycles. The number of hydrogen-bond donors (Lipinski definition) is 1. The number of ether oxygens (including phenoxy) is 1. The van der Waals surface area contributed by atoms with Crippen LogP contribution in [0.25, 0.3) is 0 Å². The molecule has 1 aliphatic heterocycles. The summed E-state index contributed by atoms with van der Waals surface area (Å²) >= 11 is 0.